The Morgan fingerprint density at radius 3 is 2.04 bits per heavy atom. The number of rotatable bonds is 17. The minimum Gasteiger partial charge on any atom is -0.354 e. The highest BCUT2D eigenvalue weighted by atomic mass is 16.2. The lowest BCUT2D eigenvalue weighted by molar-refractivity contribution is -0.126. The average Bonchev–Trinajstić information content (AvgIpc) is 3.37. The summed E-state index contributed by atoms with van der Waals surface area (Å²) in [7, 11) is 8.13. The van der Waals surface area contributed by atoms with Crippen LogP contribution in [0.2, 0.25) is 0 Å². The van der Waals surface area contributed by atoms with Crippen LogP contribution >= 0.6 is 0 Å². The molecule has 0 aliphatic carbocycles. The van der Waals surface area contributed by atoms with Gasteiger partial charge in [-0.2, -0.15) is 25.2 Å². The molecular formula is C31H42N12O3. The number of Topliss-reactive ketones (excluding diaryl/α,β-unsaturated/α-hetero) is 1. The number of carbonyl (C=O) groups is 3. The van der Waals surface area contributed by atoms with Crippen LogP contribution in [0.4, 0.5) is 40.6 Å². The van der Waals surface area contributed by atoms with E-state index in [0.717, 1.165) is 31.5 Å². The van der Waals surface area contributed by atoms with Gasteiger partial charge in [0.2, 0.25) is 29.8 Å². The van der Waals surface area contributed by atoms with Crippen LogP contribution in [-0.4, -0.2) is 103 Å². The molecule has 15 nitrogen and oxygen atoms in total. The van der Waals surface area contributed by atoms with Gasteiger partial charge in [0.25, 0.3) is 5.91 Å². The van der Waals surface area contributed by atoms with Crippen LogP contribution in [0.3, 0.4) is 0 Å². The number of fused-ring (bicyclic) bond motifs is 1. The molecule has 4 rings (SSSR count). The summed E-state index contributed by atoms with van der Waals surface area (Å²) in [6, 6.07) is 10.7. The van der Waals surface area contributed by atoms with E-state index in [9.17, 15) is 14.4 Å². The lowest BCUT2D eigenvalue weighted by Crippen LogP contribution is -2.31. The third-order valence-corrected chi connectivity index (χ3v) is 6.81. The summed E-state index contributed by atoms with van der Waals surface area (Å²) in [5.41, 5.74) is 3.08. The Morgan fingerprint density at radius 2 is 1.46 bits per heavy atom. The molecule has 0 bridgehead atoms. The predicted molar refractivity (Wildman–Crippen MR) is 179 cm³/mol. The zero-order chi connectivity index (χ0) is 33.1. The van der Waals surface area contributed by atoms with Gasteiger partial charge in [0.15, 0.2) is 5.78 Å². The second-order valence-corrected chi connectivity index (χ2v) is 11.5. The fourth-order valence-corrected chi connectivity index (χ4v) is 4.47. The largest absolute Gasteiger partial charge is 0.354 e. The number of aromatic nitrogens is 3. The molecule has 1 unspecified atom stereocenters. The topological polar surface area (TPSA) is 181 Å². The van der Waals surface area contributed by atoms with E-state index in [0.29, 0.717) is 60.1 Å². The van der Waals surface area contributed by atoms with Crippen molar-refractivity contribution < 1.29 is 14.4 Å². The van der Waals surface area contributed by atoms with Crippen LogP contribution in [0.25, 0.3) is 0 Å². The van der Waals surface area contributed by atoms with E-state index in [4.69, 9.17) is 0 Å². The zero-order valence-electron chi connectivity index (χ0n) is 26.9. The molecular weight excluding hydrogens is 588 g/mol. The van der Waals surface area contributed by atoms with Crippen molar-refractivity contribution in [1.82, 2.24) is 24.8 Å². The van der Waals surface area contributed by atoms with Crippen LogP contribution < -0.4 is 26.6 Å². The van der Waals surface area contributed by atoms with Crippen molar-refractivity contribution in [2.45, 2.75) is 32.2 Å². The van der Waals surface area contributed by atoms with Crippen molar-refractivity contribution >= 4 is 58.2 Å². The van der Waals surface area contributed by atoms with Gasteiger partial charge < -0.3 is 36.4 Å². The Hall–Kier alpha value is -5.02. The summed E-state index contributed by atoms with van der Waals surface area (Å²) < 4.78 is 0. The fourth-order valence-electron chi connectivity index (χ4n) is 4.47. The second-order valence-electron chi connectivity index (χ2n) is 11.5. The lowest BCUT2D eigenvalue weighted by atomic mass is 10.1. The molecule has 1 aromatic heterocycles. The van der Waals surface area contributed by atoms with Crippen LogP contribution in [-0.2, 0) is 20.8 Å². The highest BCUT2D eigenvalue weighted by molar-refractivity contribution is 6.10. The Morgan fingerprint density at radius 1 is 0.870 bits per heavy atom. The normalized spacial score (nSPS) is 13.1. The van der Waals surface area contributed by atoms with Gasteiger partial charge >= 0.3 is 0 Å². The molecule has 0 radical (unpaired) electrons. The van der Waals surface area contributed by atoms with Gasteiger partial charge in [0, 0.05) is 30.2 Å². The Bertz CT molecular complexity index is 1510. The Kier molecular flexibility index (Phi) is 12.0. The molecule has 15 heteroatoms. The van der Waals surface area contributed by atoms with Gasteiger partial charge in [-0.15, -0.1) is 0 Å². The van der Waals surface area contributed by atoms with Gasteiger partial charge in [-0.1, -0.05) is 6.07 Å². The molecule has 0 spiro atoms. The van der Waals surface area contributed by atoms with Crippen LogP contribution in [0, 0.1) is 0 Å². The van der Waals surface area contributed by atoms with Crippen molar-refractivity contribution in [1.29, 1.82) is 0 Å². The van der Waals surface area contributed by atoms with Crippen LogP contribution in [0.1, 0.15) is 25.3 Å². The van der Waals surface area contributed by atoms with Crippen molar-refractivity contribution in [2.24, 2.45) is 10.2 Å². The zero-order valence-corrected chi connectivity index (χ0v) is 26.9. The number of hydrogen-bond acceptors (Lipinski definition) is 13. The number of amides is 2. The molecule has 3 aromatic rings. The summed E-state index contributed by atoms with van der Waals surface area (Å²) in [5, 5.41) is 23.3. The van der Waals surface area contributed by atoms with Gasteiger partial charge in [0.1, 0.15) is 0 Å². The molecule has 1 aliphatic heterocycles. The number of carbonyl (C=O) groups excluding carboxylic acids is 3. The number of benzene rings is 2. The third-order valence-electron chi connectivity index (χ3n) is 6.81. The number of ketones is 1. The van der Waals surface area contributed by atoms with Crippen molar-refractivity contribution in [3.8, 4) is 0 Å². The van der Waals surface area contributed by atoms with Crippen molar-refractivity contribution in [3.05, 3.63) is 48.0 Å². The van der Waals surface area contributed by atoms with Crippen molar-refractivity contribution in [2.75, 3.05) is 81.0 Å². The monoisotopic (exact) mass is 630 g/mol. The first-order valence-electron chi connectivity index (χ1n) is 15.1. The quantitative estimate of drug-likeness (QED) is 0.0836. The van der Waals surface area contributed by atoms with E-state index >= 15 is 0 Å². The maximum Gasteiger partial charge on any atom is 0.258 e. The first-order chi connectivity index (χ1) is 22.0. The molecule has 0 saturated heterocycles. The summed E-state index contributed by atoms with van der Waals surface area (Å²) in [6.07, 6.45) is 2.16. The molecule has 2 amide bonds. The molecule has 1 atom stereocenters. The van der Waals surface area contributed by atoms with Crippen LogP contribution in [0.5, 0.6) is 0 Å². The van der Waals surface area contributed by atoms with Gasteiger partial charge in [-0.05, 0) is 103 Å². The number of hydrogen-bond donors (Lipinski definition) is 5. The number of azo groups is 1. The van der Waals surface area contributed by atoms with Crippen LogP contribution in [0.15, 0.2) is 52.7 Å². The first-order valence-corrected chi connectivity index (χ1v) is 15.1. The maximum atomic E-state index is 12.9. The Labute approximate surface area is 268 Å². The predicted octanol–water partition coefficient (Wildman–Crippen LogP) is 3.52. The van der Waals surface area contributed by atoms with E-state index in [2.05, 4.69) is 61.6 Å². The minimum atomic E-state index is -1.34. The molecule has 46 heavy (non-hydrogen) atoms. The summed E-state index contributed by atoms with van der Waals surface area (Å²) >= 11 is 0. The molecule has 2 aromatic carbocycles. The van der Waals surface area contributed by atoms with Gasteiger partial charge in [-0.25, -0.2) is 0 Å². The molecule has 0 fully saturated rings. The smallest absolute Gasteiger partial charge is 0.258 e. The summed E-state index contributed by atoms with van der Waals surface area (Å²) in [4.78, 5) is 54.6. The molecule has 1 aliphatic rings. The lowest BCUT2D eigenvalue weighted by Gasteiger charge is -2.13. The summed E-state index contributed by atoms with van der Waals surface area (Å²) in [5.74, 6) is 0.121. The minimum absolute atomic E-state index is 0.107. The summed E-state index contributed by atoms with van der Waals surface area (Å²) in [6.45, 7) is 4.59. The highest BCUT2D eigenvalue weighted by Gasteiger charge is 2.24. The van der Waals surface area contributed by atoms with E-state index in [1.165, 1.54) is 6.92 Å². The number of anilines is 6. The average molecular weight is 631 g/mol. The van der Waals surface area contributed by atoms with E-state index in [-0.39, 0.29) is 5.91 Å². The van der Waals surface area contributed by atoms with E-state index in [1.54, 1.807) is 42.5 Å². The second kappa shape index (κ2) is 16.3. The fraction of sp³-hybridized carbons (Fsp3) is 0.419. The van der Waals surface area contributed by atoms with Gasteiger partial charge in [-0.3, -0.25) is 14.4 Å². The molecule has 0 saturated carbocycles. The molecule has 244 valence electrons. The maximum absolute atomic E-state index is 12.9. The van der Waals surface area contributed by atoms with E-state index in [1.807, 2.05) is 28.2 Å². The standard InChI is InChI=1S/C31H42N12O3/c1-20(44)27(28(46)34-24-9-8-21-18-26(45)36-25(21)19-24)41-40-23-12-10-22(11-13-23)35-31-38-29(32-14-6-16-42(2)3)37-30(39-31)33-15-7-17-43(4)5/h8-13,19,27H,6-7,14-18H2,1-5H3,(H,34,46)(H,36,45)(H3,32,33,35,37,38,39). The van der Waals surface area contributed by atoms with Crippen molar-refractivity contribution in [3.63, 3.8) is 0 Å². The number of nitrogens with one attached hydrogen (secondary N) is 5. The first kappa shape index (κ1) is 33.9. The molecule has 5 N–H and O–H groups in total. The highest BCUT2D eigenvalue weighted by Crippen LogP contribution is 2.27. The third kappa shape index (κ3) is 10.6. The SMILES string of the molecule is CC(=O)C(N=Nc1ccc(Nc2nc(NCCCN(C)C)nc(NCCCN(C)C)n2)cc1)C(=O)Nc1ccc2c(c1)NC(=O)C2. The Balaban J connectivity index is 1.39. The number of nitrogens with zero attached hydrogens (tertiary/aromatic N) is 7. The van der Waals surface area contributed by atoms with Gasteiger partial charge in [0.05, 0.1) is 12.1 Å². The molecule has 2 heterocycles. The van der Waals surface area contributed by atoms with E-state index < -0.39 is 17.7 Å².